The highest BCUT2D eigenvalue weighted by Crippen LogP contribution is 2.29. The van der Waals surface area contributed by atoms with Gasteiger partial charge in [-0.1, -0.05) is 79.5 Å². The summed E-state index contributed by atoms with van der Waals surface area (Å²) in [5, 5.41) is 3.26. The summed E-state index contributed by atoms with van der Waals surface area (Å²) in [6.07, 6.45) is 0.919. The van der Waals surface area contributed by atoms with Crippen molar-refractivity contribution in [3.05, 3.63) is 94.5 Å². The van der Waals surface area contributed by atoms with E-state index in [2.05, 4.69) is 5.32 Å². The first-order valence-electron chi connectivity index (χ1n) is 13.1. The lowest BCUT2D eigenvalue weighted by molar-refractivity contribution is -0.140. The van der Waals surface area contributed by atoms with Crippen LogP contribution in [-0.2, 0) is 32.6 Å². The Morgan fingerprint density at radius 3 is 2.10 bits per heavy atom. The fraction of sp³-hybridized carbons (Fsp3) is 0.333. The molecule has 3 aromatic rings. The maximum atomic E-state index is 14.1. The number of halogens is 1. The number of amides is 2. The number of benzene rings is 3. The molecule has 39 heavy (non-hydrogen) atoms. The molecule has 0 aliphatic heterocycles. The Balaban J connectivity index is 2.11. The minimum absolute atomic E-state index is 0.0575. The fourth-order valence-electron chi connectivity index (χ4n) is 4.43. The van der Waals surface area contributed by atoms with Gasteiger partial charge in [0.25, 0.3) is 10.0 Å². The van der Waals surface area contributed by atoms with Crippen LogP contribution in [0.5, 0.6) is 0 Å². The Labute approximate surface area is 236 Å². The van der Waals surface area contributed by atoms with Gasteiger partial charge in [-0.05, 0) is 62.1 Å². The highest BCUT2D eigenvalue weighted by atomic mass is 35.5. The van der Waals surface area contributed by atoms with E-state index >= 15 is 0 Å². The Kier molecular flexibility index (Phi) is 10.5. The Hall–Kier alpha value is -3.36. The molecular formula is C30H36ClN3O4S. The van der Waals surface area contributed by atoms with Gasteiger partial charge in [-0.2, -0.15) is 0 Å². The first-order chi connectivity index (χ1) is 18.6. The number of hydrogen-bond donors (Lipinski definition) is 1. The van der Waals surface area contributed by atoms with E-state index in [4.69, 9.17) is 11.6 Å². The lowest BCUT2D eigenvalue weighted by Crippen LogP contribution is -2.52. The highest BCUT2D eigenvalue weighted by Gasteiger charge is 2.34. The number of rotatable bonds is 12. The number of carbonyl (C=O) groups excluding carboxylic acids is 2. The molecule has 208 valence electrons. The largest absolute Gasteiger partial charge is 0.355 e. The Morgan fingerprint density at radius 2 is 1.51 bits per heavy atom. The van der Waals surface area contributed by atoms with Gasteiger partial charge in [0.05, 0.1) is 10.6 Å². The summed E-state index contributed by atoms with van der Waals surface area (Å²) >= 11 is 6.42. The van der Waals surface area contributed by atoms with Crippen LogP contribution in [0.25, 0.3) is 0 Å². The summed E-state index contributed by atoms with van der Waals surface area (Å²) in [5.74, 6) is -0.808. The van der Waals surface area contributed by atoms with E-state index < -0.39 is 28.5 Å². The summed E-state index contributed by atoms with van der Waals surface area (Å²) in [6, 6.07) is 20.0. The van der Waals surface area contributed by atoms with Crippen molar-refractivity contribution < 1.29 is 18.0 Å². The smallest absolute Gasteiger partial charge is 0.264 e. The molecule has 0 aliphatic rings. The van der Waals surface area contributed by atoms with E-state index in [1.54, 1.807) is 54.6 Å². The number of sulfonamides is 1. The highest BCUT2D eigenvalue weighted by molar-refractivity contribution is 7.92. The maximum absolute atomic E-state index is 14.1. The minimum Gasteiger partial charge on any atom is -0.355 e. The summed E-state index contributed by atoms with van der Waals surface area (Å²) < 4.78 is 29.2. The molecule has 1 N–H and O–H groups in total. The quantitative estimate of drug-likeness (QED) is 0.318. The average molecular weight is 570 g/mol. The van der Waals surface area contributed by atoms with Crippen LogP contribution >= 0.6 is 11.6 Å². The number of anilines is 1. The number of hydrogen-bond acceptors (Lipinski definition) is 4. The monoisotopic (exact) mass is 569 g/mol. The third kappa shape index (κ3) is 7.19. The maximum Gasteiger partial charge on any atom is 0.264 e. The van der Waals surface area contributed by atoms with Crippen molar-refractivity contribution in [2.75, 3.05) is 17.4 Å². The number of nitrogens with one attached hydrogen (secondary N) is 1. The van der Waals surface area contributed by atoms with Gasteiger partial charge in [0.1, 0.15) is 12.6 Å². The van der Waals surface area contributed by atoms with Gasteiger partial charge in [-0.3, -0.25) is 13.9 Å². The number of aryl methyl sites for hydroxylation is 2. The molecule has 0 aromatic heterocycles. The van der Waals surface area contributed by atoms with Crippen LogP contribution in [0.15, 0.2) is 77.7 Å². The molecular weight excluding hydrogens is 534 g/mol. The first-order valence-corrected chi connectivity index (χ1v) is 14.9. The normalized spacial score (nSPS) is 12.0. The first kappa shape index (κ1) is 30.2. The number of nitrogens with zero attached hydrogens (tertiary/aromatic N) is 2. The van der Waals surface area contributed by atoms with Gasteiger partial charge < -0.3 is 10.2 Å². The van der Waals surface area contributed by atoms with Crippen LogP contribution in [0, 0.1) is 6.92 Å². The summed E-state index contributed by atoms with van der Waals surface area (Å²) in [5.41, 5.74) is 2.80. The van der Waals surface area contributed by atoms with E-state index in [-0.39, 0.29) is 17.3 Å². The van der Waals surface area contributed by atoms with Gasteiger partial charge in [-0.15, -0.1) is 0 Å². The van der Waals surface area contributed by atoms with Crippen LogP contribution in [0.4, 0.5) is 5.69 Å². The van der Waals surface area contributed by atoms with Crippen LogP contribution in [-0.4, -0.2) is 44.3 Å². The van der Waals surface area contributed by atoms with E-state index in [9.17, 15) is 18.0 Å². The molecule has 1 atom stereocenters. The van der Waals surface area contributed by atoms with Crippen LogP contribution in [0.3, 0.4) is 0 Å². The third-order valence-corrected chi connectivity index (χ3v) is 8.71. The van der Waals surface area contributed by atoms with Crippen molar-refractivity contribution in [1.82, 2.24) is 10.2 Å². The van der Waals surface area contributed by atoms with Gasteiger partial charge in [0.15, 0.2) is 0 Å². The topological polar surface area (TPSA) is 86.8 Å². The number of carbonyl (C=O) groups is 2. The van der Waals surface area contributed by atoms with E-state index in [1.807, 2.05) is 45.9 Å². The van der Waals surface area contributed by atoms with E-state index in [0.717, 1.165) is 15.4 Å². The van der Waals surface area contributed by atoms with Crippen molar-refractivity contribution in [2.45, 2.75) is 58.0 Å². The number of para-hydroxylation sites is 1. The zero-order chi connectivity index (χ0) is 28.6. The Bertz CT molecular complexity index is 1390. The molecule has 3 aromatic carbocycles. The van der Waals surface area contributed by atoms with Crippen molar-refractivity contribution in [2.24, 2.45) is 0 Å². The second-order valence-electron chi connectivity index (χ2n) is 9.24. The molecule has 1 unspecified atom stereocenters. The molecule has 0 spiro atoms. The van der Waals surface area contributed by atoms with Crippen LogP contribution in [0.1, 0.15) is 43.9 Å². The lowest BCUT2D eigenvalue weighted by atomic mass is 10.1. The van der Waals surface area contributed by atoms with Gasteiger partial charge in [-0.25, -0.2) is 8.42 Å². The van der Waals surface area contributed by atoms with Crippen molar-refractivity contribution in [1.29, 1.82) is 0 Å². The molecule has 0 radical (unpaired) electrons. The average Bonchev–Trinajstić information content (AvgIpc) is 2.92. The third-order valence-electron chi connectivity index (χ3n) is 6.56. The molecule has 0 aliphatic carbocycles. The van der Waals surface area contributed by atoms with Crippen LogP contribution < -0.4 is 9.62 Å². The zero-order valence-corrected chi connectivity index (χ0v) is 24.4. The second kappa shape index (κ2) is 13.6. The predicted molar refractivity (Wildman–Crippen MR) is 156 cm³/mol. The molecule has 2 amide bonds. The summed E-state index contributed by atoms with van der Waals surface area (Å²) in [7, 11) is -4.12. The molecule has 7 nitrogen and oxygen atoms in total. The standard InChI is InChI=1S/C30H36ClN3O4S/c1-5-23-12-9-11-15-28(23)34(39(37,38)25-18-16-22(4)17-19-25)21-29(35)33(27(6-2)30(36)32-7-3)20-24-13-8-10-14-26(24)31/h8-19,27H,5-7,20-21H2,1-4H3,(H,32,36). The molecule has 0 saturated heterocycles. The molecule has 9 heteroatoms. The summed E-state index contributed by atoms with van der Waals surface area (Å²) in [6.45, 7) is 7.42. The van der Waals surface area contributed by atoms with Crippen LogP contribution in [0.2, 0.25) is 5.02 Å². The predicted octanol–water partition coefficient (Wildman–Crippen LogP) is 5.35. The number of likely N-dealkylation sites (N-methyl/N-ethyl adjacent to an activating group) is 1. The molecule has 0 saturated carbocycles. The molecule has 3 rings (SSSR count). The molecule has 0 fully saturated rings. The molecule has 0 heterocycles. The van der Waals surface area contributed by atoms with Gasteiger partial charge in [0.2, 0.25) is 11.8 Å². The van der Waals surface area contributed by atoms with Crippen molar-refractivity contribution in [3.63, 3.8) is 0 Å². The second-order valence-corrected chi connectivity index (χ2v) is 11.5. The van der Waals surface area contributed by atoms with E-state index in [1.165, 1.54) is 4.90 Å². The molecule has 0 bridgehead atoms. The summed E-state index contributed by atoms with van der Waals surface area (Å²) in [4.78, 5) is 28.6. The van der Waals surface area contributed by atoms with Gasteiger partial charge in [0, 0.05) is 18.1 Å². The van der Waals surface area contributed by atoms with Crippen molar-refractivity contribution >= 4 is 39.1 Å². The zero-order valence-electron chi connectivity index (χ0n) is 22.9. The minimum atomic E-state index is -4.12. The SMILES string of the molecule is CCNC(=O)C(CC)N(Cc1ccccc1Cl)C(=O)CN(c1ccccc1CC)S(=O)(=O)c1ccc(C)cc1. The Morgan fingerprint density at radius 1 is 0.897 bits per heavy atom. The van der Waals surface area contributed by atoms with E-state index in [0.29, 0.717) is 35.7 Å². The lowest BCUT2D eigenvalue weighted by Gasteiger charge is -2.33. The van der Waals surface area contributed by atoms with Crippen molar-refractivity contribution in [3.8, 4) is 0 Å². The fourth-order valence-corrected chi connectivity index (χ4v) is 6.07. The van der Waals surface area contributed by atoms with Gasteiger partial charge >= 0.3 is 0 Å².